The number of carbonyl (C=O) groups excluding carboxylic acids is 2. The zero-order chi connectivity index (χ0) is 16.0. The van der Waals surface area contributed by atoms with Gasteiger partial charge in [-0.05, 0) is 12.8 Å². The Kier molecular flexibility index (Phi) is 5.31. The second-order valence-electron chi connectivity index (χ2n) is 5.90. The number of Topliss-reactive ketones (excluding diaryl/α,β-unsaturated/α-hetero) is 1. The summed E-state index contributed by atoms with van der Waals surface area (Å²) >= 11 is 0. The molecule has 0 unspecified atom stereocenters. The van der Waals surface area contributed by atoms with E-state index in [1.54, 1.807) is 24.3 Å². The Morgan fingerprint density at radius 3 is 2.27 bits per heavy atom. The molecule has 0 aromatic heterocycles. The van der Waals surface area contributed by atoms with Gasteiger partial charge in [-0.1, -0.05) is 43.2 Å². The highest BCUT2D eigenvalue weighted by Gasteiger charge is 2.37. The first-order chi connectivity index (χ1) is 10.5. The highest BCUT2D eigenvalue weighted by Crippen LogP contribution is 2.32. The van der Waals surface area contributed by atoms with Crippen LogP contribution < -0.4 is 5.32 Å². The molecule has 0 bridgehead atoms. The van der Waals surface area contributed by atoms with E-state index in [2.05, 4.69) is 5.32 Å². The molecule has 0 radical (unpaired) electrons. The lowest BCUT2D eigenvalue weighted by atomic mass is 9.92. The van der Waals surface area contributed by atoms with E-state index in [0.717, 1.165) is 12.8 Å². The van der Waals surface area contributed by atoms with Gasteiger partial charge in [0.25, 0.3) is 0 Å². The average molecular weight is 303 g/mol. The molecule has 1 aromatic rings. The van der Waals surface area contributed by atoms with Crippen molar-refractivity contribution in [2.24, 2.45) is 0 Å². The number of ketones is 1. The van der Waals surface area contributed by atoms with Crippen molar-refractivity contribution >= 4 is 17.7 Å². The van der Waals surface area contributed by atoms with E-state index in [4.69, 9.17) is 5.11 Å². The predicted octanol–water partition coefficient (Wildman–Crippen LogP) is 2.55. The molecule has 1 fully saturated rings. The number of amides is 1. The molecule has 2 N–H and O–H groups in total. The molecule has 1 aliphatic carbocycles. The van der Waals surface area contributed by atoms with E-state index in [9.17, 15) is 14.4 Å². The van der Waals surface area contributed by atoms with E-state index in [1.165, 1.54) is 0 Å². The summed E-state index contributed by atoms with van der Waals surface area (Å²) in [6, 6.07) is 8.85. The molecule has 1 saturated carbocycles. The maximum atomic E-state index is 12.1. The van der Waals surface area contributed by atoms with Crippen LogP contribution in [0, 0.1) is 0 Å². The molecule has 0 spiro atoms. The van der Waals surface area contributed by atoms with Gasteiger partial charge in [0.05, 0.1) is 12.0 Å². The van der Waals surface area contributed by atoms with Crippen molar-refractivity contribution < 1.29 is 19.5 Å². The minimum Gasteiger partial charge on any atom is -0.481 e. The molecule has 1 aromatic carbocycles. The second-order valence-corrected chi connectivity index (χ2v) is 5.90. The number of carboxylic acid groups (broad SMARTS) is 1. The smallest absolute Gasteiger partial charge is 0.305 e. The standard InChI is InChI=1S/C17H21NO4/c19-14(13-6-2-1-3-7-13)8-9-15(20)18-17(12-16(21)22)10-4-5-11-17/h1-3,6-7H,4-5,8-12H2,(H,18,20)(H,21,22). The van der Waals surface area contributed by atoms with Crippen molar-refractivity contribution in [1.82, 2.24) is 5.32 Å². The minimum absolute atomic E-state index is 0.0502. The molecule has 2 rings (SSSR count). The third-order valence-electron chi connectivity index (χ3n) is 4.13. The maximum absolute atomic E-state index is 12.1. The van der Waals surface area contributed by atoms with Gasteiger partial charge in [0.1, 0.15) is 0 Å². The van der Waals surface area contributed by atoms with E-state index in [0.29, 0.717) is 18.4 Å². The van der Waals surface area contributed by atoms with Crippen molar-refractivity contribution in [1.29, 1.82) is 0 Å². The molecule has 0 saturated heterocycles. The second kappa shape index (κ2) is 7.20. The van der Waals surface area contributed by atoms with Crippen LogP contribution in [0.1, 0.15) is 55.3 Å². The van der Waals surface area contributed by atoms with E-state index in [-0.39, 0.29) is 31.0 Å². The van der Waals surface area contributed by atoms with Crippen molar-refractivity contribution in [3.8, 4) is 0 Å². The highest BCUT2D eigenvalue weighted by atomic mass is 16.4. The van der Waals surface area contributed by atoms with Crippen LogP contribution in [0.15, 0.2) is 30.3 Å². The van der Waals surface area contributed by atoms with Crippen LogP contribution >= 0.6 is 0 Å². The fourth-order valence-electron chi connectivity index (χ4n) is 3.04. The molecule has 1 aliphatic rings. The Hall–Kier alpha value is -2.17. The van der Waals surface area contributed by atoms with E-state index in [1.807, 2.05) is 6.07 Å². The minimum atomic E-state index is -0.900. The first-order valence-electron chi connectivity index (χ1n) is 7.62. The van der Waals surface area contributed by atoms with E-state index < -0.39 is 11.5 Å². The third-order valence-corrected chi connectivity index (χ3v) is 4.13. The fourth-order valence-corrected chi connectivity index (χ4v) is 3.04. The van der Waals surface area contributed by atoms with E-state index >= 15 is 0 Å². The van der Waals surface area contributed by atoms with Crippen molar-refractivity contribution in [2.45, 2.75) is 50.5 Å². The van der Waals surface area contributed by atoms with Gasteiger partial charge in [-0.25, -0.2) is 0 Å². The Morgan fingerprint density at radius 2 is 1.68 bits per heavy atom. The summed E-state index contributed by atoms with van der Waals surface area (Å²) in [7, 11) is 0. The molecular formula is C17H21NO4. The van der Waals surface area contributed by atoms with Crippen molar-refractivity contribution in [3.05, 3.63) is 35.9 Å². The van der Waals surface area contributed by atoms with Crippen molar-refractivity contribution in [3.63, 3.8) is 0 Å². The summed E-state index contributed by atoms with van der Waals surface area (Å²) in [6.45, 7) is 0. The third kappa shape index (κ3) is 4.41. The molecule has 5 heteroatoms. The summed E-state index contributed by atoms with van der Waals surface area (Å²) in [5, 5.41) is 11.9. The van der Waals surface area contributed by atoms with Gasteiger partial charge in [0.2, 0.25) is 5.91 Å². The average Bonchev–Trinajstić information content (AvgIpc) is 2.92. The van der Waals surface area contributed by atoms with Gasteiger partial charge in [0.15, 0.2) is 5.78 Å². The lowest BCUT2D eigenvalue weighted by Gasteiger charge is -2.28. The van der Waals surface area contributed by atoms with Crippen LogP contribution in [-0.4, -0.2) is 28.3 Å². The van der Waals surface area contributed by atoms with Gasteiger partial charge >= 0.3 is 5.97 Å². The lowest BCUT2D eigenvalue weighted by Crippen LogP contribution is -2.47. The Balaban J connectivity index is 1.87. The molecule has 1 amide bonds. The zero-order valence-electron chi connectivity index (χ0n) is 12.5. The first kappa shape index (κ1) is 16.2. The van der Waals surface area contributed by atoms with Gasteiger partial charge in [-0.3, -0.25) is 14.4 Å². The van der Waals surface area contributed by atoms with Gasteiger partial charge in [-0.2, -0.15) is 0 Å². The van der Waals surface area contributed by atoms with Crippen LogP contribution in [0.5, 0.6) is 0 Å². The number of rotatable bonds is 7. The number of nitrogens with one attached hydrogen (secondary N) is 1. The van der Waals surface area contributed by atoms with Crippen LogP contribution in [0.25, 0.3) is 0 Å². The Morgan fingerprint density at radius 1 is 1.05 bits per heavy atom. The summed E-state index contributed by atoms with van der Waals surface area (Å²) < 4.78 is 0. The number of carboxylic acids is 1. The summed E-state index contributed by atoms with van der Waals surface area (Å²) in [5.74, 6) is -1.22. The molecule has 22 heavy (non-hydrogen) atoms. The maximum Gasteiger partial charge on any atom is 0.305 e. The molecular weight excluding hydrogens is 282 g/mol. The van der Waals surface area contributed by atoms with Crippen molar-refractivity contribution in [2.75, 3.05) is 0 Å². The van der Waals surface area contributed by atoms with Gasteiger partial charge in [-0.15, -0.1) is 0 Å². The fraction of sp³-hybridized carbons (Fsp3) is 0.471. The molecule has 118 valence electrons. The summed E-state index contributed by atoms with van der Waals surface area (Å²) in [6.07, 6.45) is 3.42. The highest BCUT2D eigenvalue weighted by molar-refractivity contribution is 5.98. The topological polar surface area (TPSA) is 83.5 Å². The number of carbonyl (C=O) groups is 3. The zero-order valence-corrected chi connectivity index (χ0v) is 12.5. The lowest BCUT2D eigenvalue weighted by molar-refractivity contribution is -0.139. The monoisotopic (exact) mass is 303 g/mol. The SMILES string of the molecule is O=C(O)CC1(NC(=O)CCC(=O)c2ccccc2)CCCC1. The molecule has 0 heterocycles. The molecule has 0 atom stereocenters. The molecule has 5 nitrogen and oxygen atoms in total. The number of hydrogen-bond acceptors (Lipinski definition) is 3. The van der Waals surface area contributed by atoms with Gasteiger partial charge < -0.3 is 10.4 Å². The summed E-state index contributed by atoms with van der Waals surface area (Å²) in [4.78, 5) is 35.0. The number of hydrogen-bond donors (Lipinski definition) is 2. The molecule has 0 aliphatic heterocycles. The quantitative estimate of drug-likeness (QED) is 0.758. The van der Waals surface area contributed by atoms with Crippen LogP contribution in [-0.2, 0) is 9.59 Å². The summed E-state index contributed by atoms with van der Waals surface area (Å²) in [5.41, 5.74) is -0.0324. The number of aliphatic carboxylic acids is 1. The Bertz CT molecular complexity index is 547. The Labute approximate surface area is 129 Å². The van der Waals surface area contributed by atoms with Crippen LogP contribution in [0.3, 0.4) is 0 Å². The normalized spacial score (nSPS) is 16.2. The predicted molar refractivity (Wildman–Crippen MR) is 81.6 cm³/mol. The first-order valence-corrected chi connectivity index (χ1v) is 7.62. The number of benzene rings is 1. The van der Waals surface area contributed by atoms with Crippen LogP contribution in [0.2, 0.25) is 0 Å². The largest absolute Gasteiger partial charge is 0.481 e. The van der Waals surface area contributed by atoms with Gasteiger partial charge in [0, 0.05) is 18.4 Å². The van der Waals surface area contributed by atoms with Crippen LogP contribution in [0.4, 0.5) is 0 Å².